The van der Waals surface area contributed by atoms with Crippen LogP contribution in [0.4, 0.5) is 13.2 Å². The fourth-order valence-corrected chi connectivity index (χ4v) is 3.49. The first-order chi connectivity index (χ1) is 13.7. The van der Waals surface area contributed by atoms with E-state index in [-0.39, 0.29) is 17.3 Å². The van der Waals surface area contributed by atoms with E-state index in [0.29, 0.717) is 6.07 Å². The third-order valence-corrected chi connectivity index (χ3v) is 4.97. The third kappa shape index (κ3) is 4.88. The maximum atomic E-state index is 13.1. The lowest BCUT2D eigenvalue weighted by atomic mass is 10.2. The molecule has 1 N–H and O–H groups in total. The zero-order valence-corrected chi connectivity index (χ0v) is 15.2. The minimum absolute atomic E-state index is 0.0658. The van der Waals surface area contributed by atoms with E-state index in [1.54, 1.807) is 10.8 Å². The molecule has 0 spiro atoms. The summed E-state index contributed by atoms with van der Waals surface area (Å²) in [7, 11) is -4.75. The molecule has 29 heavy (non-hydrogen) atoms. The van der Waals surface area contributed by atoms with E-state index < -0.39 is 32.6 Å². The van der Waals surface area contributed by atoms with Crippen LogP contribution in [-0.4, -0.2) is 24.3 Å². The van der Waals surface area contributed by atoms with Crippen LogP contribution >= 0.6 is 0 Å². The molecule has 0 bridgehead atoms. The molecule has 0 saturated heterocycles. The summed E-state index contributed by atoms with van der Waals surface area (Å²) in [6.45, 7) is 0. The number of nitrogens with one attached hydrogen (secondary N) is 1. The van der Waals surface area contributed by atoms with Gasteiger partial charge in [0.15, 0.2) is 0 Å². The third-order valence-electron chi connectivity index (χ3n) is 3.58. The molecule has 0 aliphatic rings. The van der Waals surface area contributed by atoms with Gasteiger partial charge in [-0.15, -0.1) is 0 Å². The average molecular weight is 423 g/mol. The molecular formula is C18H12F3N3O4S. The largest absolute Gasteiger partial charge is 0.424 e. The minimum Gasteiger partial charge on any atom is -0.424 e. The van der Waals surface area contributed by atoms with Crippen molar-refractivity contribution in [3.05, 3.63) is 78.1 Å². The Morgan fingerprint density at radius 2 is 1.55 bits per heavy atom. The lowest BCUT2D eigenvalue weighted by Crippen LogP contribution is -2.32. The number of nitrogens with zero attached hydrogens (tertiary/aromatic N) is 2. The number of ether oxygens (including phenoxy) is 1. The van der Waals surface area contributed by atoms with E-state index in [4.69, 9.17) is 4.74 Å². The van der Waals surface area contributed by atoms with Gasteiger partial charge in [0.2, 0.25) is 0 Å². The molecular weight excluding hydrogens is 411 g/mol. The number of benzene rings is 2. The summed E-state index contributed by atoms with van der Waals surface area (Å²) in [6.07, 6.45) is -1.96. The fraction of sp³-hybridized carbons (Fsp3) is 0.0556. The van der Waals surface area contributed by atoms with Crippen LogP contribution in [-0.2, 0) is 16.2 Å². The molecule has 0 atom stereocenters. The Kier molecular flexibility index (Phi) is 5.50. The molecule has 0 unspecified atom stereocenters. The van der Waals surface area contributed by atoms with Crippen molar-refractivity contribution in [2.45, 2.75) is 11.1 Å². The summed E-state index contributed by atoms with van der Waals surface area (Å²) in [5.74, 6) is -0.817. The van der Waals surface area contributed by atoms with Gasteiger partial charge in [0.1, 0.15) is 5.75 Å². The van der Waals surface area contributed by atoms with Crippen molar-refractivity contribution >= 4 is 15.9 Å². The number of amides is 1. The van der Waals surface area contributed by atoms with Crippen molar-refractivity contribution < 1.29 is 31.1 Å². The number of alkyl halides is 3. The van der Waals surface area contributed by atoms with Crippen LogP contribution in [0.5, 0.6) is 11.8 Å². The van der Waals surface area contributed by atoms with E-state index in [1.807, 2.05) is 0 Å². The Labute approximate surface area is 163 Å². The minimum atomic E-state index is -4.90. The number of aromatic nitrogens is 2. The normalized spacial score (nSPS) is 11.7. The summed E-state index contributed by atoms with van der Waals surface area (Å²) >= 11 is 0. The van der Waals surface area contributed by atoms with Crippen LogP contribution in [0.15, 0.2) is 71.9 Å². The highest BCUT2D eigenvalue weighted by Crippen LogP contribution is 2.33. The van der Waals surface area contributed by atoms with E-state index in [2.05, 4.69) is 9.97 Å². The van der Waals surface area contributed by atoms with Gasteiger partial charge in [-0.25, -0.2) is 23.1 Å². The second-order valence-corrected chi connectivity index (χ2v) is 7.24. The lowest BCUT2D eigenvalue weighted by Gasteiger charge is -2.13. The average Bonchev–Trinajstić information content (AvgIpc) is 2.68. The molecule has 1 heterocycles. The van der Waals surface area contributed by atoms with Crippen LogP contribution < -0.4 is 9.46 Å². The van der Waals surface area contributed by atoms with Crippen molar-refractivity contribution in [2.75, 3.05) is 0 Å². The lowest BCUT2D eigenvalue weighted by molar-refractivity contribution is -0.139. The highest BCUT2D eigenvalue weighted by molar-refractivity contribution is 7.90. The number of hydrogen-bond acceptors (Lipinski definition) is 6. The first kappa shape index (κ1) is 20.3. The van der Waals surface area contributed by atoms with Gasteiger partial charge in [0, 0.05) is 18.0 Å². The van der Waals surface area contributed by atoms with E-state index in [9.17, 15) is 26.4 Å². The Bertz CT molecular complexity index is 1120. The molecule has 2 aromatic carbocycles. The van der Waals surface area contributed by atoms with Crippen LogP contribution in [0, 0.1) is 0 Å². The van der Waals surface area contributed by atoms with Gasteiger partial charge in [0.25, 0.3) is 15.9 Å². The fourth-order valence-electron chi connectivity index (χ4n) is 2.29. The number of halogens is 3. The number of carbonyl (C=O) groups excluding carboxylic acids is 1. The van der Waals surface area contributed by atoms with E-state index in [0.717, 1.165) is 18.2 Å². The van der Waals surface area contributed by atoms with Gasteiger partial charge in [-0.2, -0.15) is 13.2 Å². The zero-order chi connectivity index (χ0) is 21.1. The number of rotatable bonds is 5. The predicted octanol–water partition coefficient (Wildman–Crippen LogP) is 3.41. The highest BCUT2D eigenvalue weighted by Gasteiger charge is 2.37. The first-order valence-corrected chi connectivity index (χ1v) is 9.43. The molecule has 0 aliphatic heterocycles. The molecule has 3 aromatic rings. The topological polar surface area (TPSA) is 98.2 Å². The maximum Gasteiger partial charge on any atom is 0.417 e. The monoisotopic (exact) mass is 423 g/mol. The second-order valence-electron chi connectivity index (χ2n) is 5.59. The number of sulfonamides is 1. The first-order valence-electron chi connectivity index (χ1n) is 7.95. The number of hydrogen-bond donors (Lipinski definition) is 1. The predicted molar refractivity (Wildman–Crippen MR) is 94.6 cm³/mol. The molecule has 1 amide bonds. The Morgan fingerprint density at radius 3 is 2.17 bits per heavy atom. The summed E-state index contributed by atoms with van der Waals surface area (Å²) in [6, 6.07) is 10.5. The summed E-state index contributed by atoms with van der Waals surface area (Å²) < 4.78 is 70.8. The van der Waals surface area contributed by atoms with Crippen molar-refractivity contribution in [3.8, 4) is 11.8 Å². The highest BCUT2D eigenvalue weighted by atomic mass is 32.2. The zero-order valence-electron chi connectivity index (χ0n) is 14.4. The van der Waals surface area contributed by atoms with Crippen LogP contribution in [0.1, 0.15) is 15.9 Å². The van der Waals surface area contributed by atoms with Crippen molar-refractivity contribution in [1.82, 2.24) is 14.7 Å². The van der Waals surface area contributed by atoms with E-state index >= 15 is 0 Å². The molecule has 0 aliphatic carbocycles. The smallest absolute Gasteiger partial charge is 0.417 e. The quantitative estimate of drug-likeness (QED) is 0.675. The van der Waals surface area contributed by atoms with Crippen LogP contribution in [0.2, 0.25) is 0 Å². The maximum absolute atomic E-state index is 13.1. The van der Waals surface area contributed by atoms with Crippen molar-refractivity contribution in [2.24, 2.45) is 0 Å². The molecule has 1 aromatic heterocycles. The standard InChI is InChI=1S/C18H12F3N3O4S/c19-18(20,21)14-4-1-2-5-15(14)29(26,27)24-16(25)12-6-8-13(9-7-12)28-17-22-10-3-11-23-17/h1-11H,(H,24,25). The molecule has 0 fully saturated rings. The van der Waals surface area contributed by atoms with Crippen molar-refractivity contribution in [3.63, 3.8) is 0 Å². The van der Waals surface area contributed by atoms with E-state index in [1.165, 1.54) is 36.7 Å². The van der Waals surface area contributed by atoms with Crippen molar-refractivity contribution in [1.29, 1.82) is 0 Å². The summed E-state index contributed by atoms with van der Waals surface area (Å²) in [5, 5.41) is 0. The van der Waals surface area contributed by atoms with Gasteiger partial charge in [-0.05, 0) is 42.5 Å². The van der Waals surface area contributed by atoms with Gasteiger partial charge < -0.3 is 4.74 Å². The van der Waals surface area contributed by atoms with Gasteiger partial charge in [-0.3, -0.25) is 4.79 Å². The molecule has 0 saturated carbocycles. The SMILES string of the molecule is O=C(NS(=O)(=O)c1ccccc1C(F)(F)F)c1ccc(Oc2ncccn2)cc1. The Balaban J connectivity index is 1.78. The number of carbonyl (C=O) groups is 1. The molecule has 11 heteroatoms. The van der Waals surface area contributed by atoms with Gasteiger partial charge >= 0.3 is 12.2 Å². The Hall–Kier alpha value is -3.47. The summed E-state index contributed by atoms with van der Waals surface area (Å²) in [5.41, 5.74) is -1.47. The molecule has 0 radical (unpaired) electrons. The molecule has 7 nitrogen and oxygen atoms in total. The van der Waals surface area contributed by atoms with Gasteiger partial charge in [-0.1, -0.05) is 12.1 Å². The van der Waals surface area contributed by atoms with Gasteiger partial charge in [0.05, 0.1) is 10.5 Å². The van der Waals surface area contributed by atoms with Crippen LogP contribution in [0.25, 0.3) is 0 Å². The van der Waals surface area contributed by atoms with Crippen LogP contribution in [0.3, 0.4) is 0 Å². The molecule has 3 rings (SSSR count). The molecule has 150 valence electrons. The Morgan fingerprint density at radius 1 is 0.931 bits per heavy atom. The second kappa shape index (κ2) is 7.87. The summed E-state index contributed by atoms with van der Waals surface area (Å²) in [4.78, 5) is 18.9.